The number of sulfonamides is 1. The van der Waals surface area contributed by atoms with Gasteiger partial charge in [-0.1, -0.05) is 5.16 Å². The van der Waals surface area contributed by atoms with Gasteiger partial charge >= 0.3 is 0 Å². The smallest absolute Gasteiger partial charge is 0.243 e. The summed E-state index contributed by atoms with van der Waals surface area (Å²) in [7, 11) is -3.65. The average Bonchev–Trinajstić information content (AvgIpc) is 3.37. The second-order valence-electron chi connectivity index (χ2n) is 7.44. The molecule has 3 aromatic rings. The average molecular weight is 430 g/mol. The lowest BCUT2D eigenvalue weighted by atomic mass is 9.93. The van der Waals surface area contributed by atoms with Crippen molar-refractivity contribution in [2.75, 3.05) is 18.4 Å². The van der Waals surface area contributed by atoms with E-state index >= 15 is 0 Å². The number of carbonyl (C=O) groups is 1. The van der Waals surface area contributed by atoms with Crippen LogP contribution >= 0.6 is 0 Å². The highest BCUT2D eigenvalue weighted by Crippen LogP contribution is 2.35. The Morgan fingerprint density at radius 3 is 2.73 bits per heavy atom. The van der Waals surface area contributed by atoms with E-state index in [1.54, 1.807) is 18.3 Å². The summed E-state index contributed by atoms with van der Waals surface area (Å²) >= 11 is 0. The number of rotatable bonds is 5. The van der Waals surface area contributed by atoms with Gasteiger partial charge in [-0.2, -0.15) is 9.40 Å². The number of benzene rings is 1. The van der Waals surface area contributed by atoms with Crippen LogP contribution in [0.5, 0.6) is 0 Å². The number of nitrogens with zero attached hydrogens (tertiary/aromatic N) is 3. The van der Waals surface area contributed by atoms with Crippen LogP contribution in [0.2, 0.25) is 0 Å². The molecule has 2 aromatic heterocycles. The molecule has 0 unspecified atom stereocenters. The summed E-state index contributed by atoms with van der Waals surface area (Å²) in [6, 6.07) is 8.05. The van der Waals surface area contributed by atoms with Gasteiger partial charge in [0, 0.05) is 37.7 Å². The standard InChI is InChI=1S/C20H23N5O4S/c1-13-10-19(29-24-13)18-11-21-23-20(18)15-4-3-9-25(12-15)30(27,28)17-7-5-16(6-8-17)22-14(2)26/h5-8,10-11,15H,3-4,9,12H2,1-2H3,(H,21,23)(H,22,26)/t15-/m1/s1. The molecule has 1 atom stereocenters. The van der Waals surface area contributed by atoms with Crippen LogP contribution in [0.1, 0.15) is 37.1 Å². The van der Waals surface area contributed by atoms with Crippen molar-refractivity contribution in [3.8, 4) is 11.3 Å². The highest BCUT2D eigenvalue weighted by Gasteiger charge is 2.33. The minimum absolute atomic E-state index is 0.0323. The van der Waals surface area contributed by atoms with E-state index in [-0.39, 0.29) is 16.7 Å². The van der Waals surface area contributed by atoms with Crippen molar-refractivity contribution in [2.45, 2.75) is 37.5 Å². The number of aromatic nitrogens is 3. The summed E-state index contributed by atoms with van der Waals surface area (Å²) < 4.78 is 33.2. The predicted octanol–water partition coefficient (Wildman–Crippen LogP) is 2.90. The van der Waals surface area contributed by atoms with Crippen LogP contribution in [-0.4, -0.2) is 47.1 Å². The van der Waals surface area contributed by atoms with Gasteiger partial charge in [0.25, 0.3) is 0 Å². The van der Waals surface area contributed by atoms with Crippen molar-refractivity contribution in [1.29, 1.82) is 0 Å². The first-order valence-electron chi connectivity index (χ1n) is 9.69. The van der Waals surface area contributed by atoms with Crippen molar-refractivity contribution in [3.63, 3.8) is 0 Å². The lowest BCUT2D eigenvalue weighted by Crippen LogP contribution is -2.39. The SMILES string of the molecule is CC(=O)Nc1ccc(S(=O)(=O)N2CCC[C@@H](c3[nH]ncc3-c3cc(C)no3)C2)cc1. The molecule has 158 valence electrons. The quantitative estimate of drug-likeness (QED) is 0.643. The molecule has 1 aliphatic rings. The maximum absolute atomic E-state index is 13.2. The van der Waals surface area contributed by atoms with E-state index in [4.69, 9.17) is 4.52 Å². The zero-order valence-corrected chi connectivity index (χ0v) is 17.6. The Hall–Kier alpha value is -2.98. The van der Waals surface area contributed by atoms with Crippen LogP contribution in [0, 0.1) is 6.92 Å². The number of piperidine rings is 1. The van der Waals surface area contributed by atoms with E-state index in [1.165, 1.54) is 23.4 Å². The van der Waals surface area contributed by atoms with Gasteiger partial charge in [0.2, 0.25) is 15.9 Å². The summed E-state index contributed by atoms with van der Waals surface area (Å²) in [5.74, 6) is 0.377. The summed E-state index contributed by atoms with van der Waals surface area (Å²) in [5.41, 5.74) is 2.99. The topological polar surface area (TPSA) is 121 Å². The largest absolute Gasteiger partial charge is 0.356 e. The summed E-state index contributed by atoms with van der Waals surface area (Å²) in [6.45, 7) is 4.05. The maximum Gasteiger partial charge on any atom is 0.243 e. The van der Waals surface area contributed by atoms with E-state index in [9.17, 15) is 13.2 Å². The molecule has 10 heteroatoms. The molecular weight excluding hydrogens is 406 g/mol. The Morgan fingerprint density at radius 2 is 2.07 bits per heavy atom. The van der Waals surface area contributed by atoms with Crippen molar-refractivity contribution in [2.24, 2.45) is 0 Å². The van der Waals surface area contributed by atoms with E-state index in [2.05, 4.69) is 20.7 Å². The van der Waals surface area contributed by atoms with Gasteiger partial charge < -0.3 is 9.84 Å². The monoisotopic (exact) mass is 429 g/mol. The first kappa shape index (κ1) is 20.3. The number of hydrogen-bond donors (Lipinski definition) is 2. The van der Waals surface area contributed by atoms with Crippen molar-refractivity contribution in [1.82, 2.24) is 19.7 Å². The molecule has 1 aliphatic heterocycles. The molecule has 1 saturated heterocycles. The molecule has 1 aromatic carbocycles. The number of H-pyrrole nitrogens is 1. The fourth-order valence-electron chi connectivity index (χ4n) is 3.75. The van der Waals surface area contributed by atoms with Crippen LogP contribution in [0.15, 0.2) is 45.9 Å². The lowest BCUT2D eigenvalue weighted by Gasteiger charge is -2.31. The zero-order valence-electron chi connectivity index (χ0n) is 16.8. The third kappa shape index (κ3) is 4.01. The zero-order chi connectivity index (χ0) is 21.3. The second kappa shape index (κ2) is 8.04. The molecule has 1 amide bonds. The van der Waals surface area contributed by atoms with Crippen LogP contribution in [0.3, 0.4) is 0 Å². The normalized spacial score (nSPS) is 17.7. The molecule has 9 nitrogen and oxygen atoms in total. The number of hydrogen-bond acceptors (Lipinski definition) is 6. The van der Waals surface area contributed by atoms with Gasteiger partial charge in [-0.15, -0.1) is 0 Å². The molecule has 0 radical (unpaired) electrons. The Balaban J connectivity index is 1.56. The first-order valence-corrected chi connectivity index (χ1v) is 11.1. The second-order valence-corrected chi connectivity index (χ2v) is 9.38. The van der Waals surface area contributed by atoms with Crippen molar-refractivity contribution >= 4 is 21.6 Å². The Kier molecular flexibility index (Phi) is 5.44. The predicted molar refractivity (Wildman–Crippen MR) is 110 cm³/mol. The molecule has 2 N–H and O–H groups in total. The molecule has 0 saturated carbocycles. The maximum atomic E-state index is 13.2. The van der Waals surface area contributed by atoms with Gasteiger partial charge in [0.15, 0.2) is 5.76 Å². The summed E-state index contributed by atoms with van der Waals surface area (Å²) in [4.78, 5) is 11.4. The minimum atomic E-state index is -3.65. The number of anilines is 1. The molecule has 1 fully saturated rings. The van der Waals surface area contributed by atoms with E-state index in [0.29, 0.717) is 24.5 Å². The Morgan fingerprint density at radius 1 is 1.30 bits per heavy atom. The van der Waals surface area contributed by atoms with Crippen LogP contribution in [0.25, 0.3) is 11.3 Å². The molecule has 0 bridgehead atoms. The highest BCUT2D eigenvalue weighted by atomic mass is 32.2. The van der Waals surface area contributed by atoms with Gasteiger partial charge in [-0.05, 0) is 44.0 Å². The number of carbonyl (C=O) groups excluding carboxylic acids is 1. The number of aromatic amines is 1. The van der Waals surface area contributed by atoms with Crippen LogP contribution in [0.4, 0.5) is 5.69 Å². The van der Waals surface area contributed by atoms with Crippen LogP contribution in [-0.2, 0) is 14.8 Å². The Labute approximate surface area is 174 Å². The van der Waals surface area contributed by atoms with E-state index in [1.807, 2.05) is 13.0 Å². The fourth-order valence-corrected chi connectivity index (χ4v) is 5.28. The van der Waals surface area contributed by atoms with Gasteiger partial charge in [-0.3, -0.25) is 9.89 Å². The third-order valence-corrected chi connectivity index (χ3v) is 7.05. The Bertz CT molecular complexity index is 1150. The summed E-state index contributed by atoms with van der Waals surface area (Å²) in [6.07, 6.45) is 3.26. The number of amides is 1. The van der Waals surface area contributed by atoms with Crippen molar-refractivity contribution < 1.29 is 17.7 Å². The van der Waals surface area contributed by atoms with Crippen molar-refractivity contribution in [3.05, 3.63) is 47.9 Å². The lowest BCUT2D eigenvalue weighted by molar-refractivity contribution is -0.114. The van der Waals surface area contributed by atoms with Gasteiger partial charge in [-0.25, -0.2) is 8.42 Å². The molecule has 30 heavy (non-hydrogen) atoms. The third-order valence-electron chi connectivity index (χ3n) is 5.17. The van der Waals surface area contributed by atoms with Gasteiger partial charge in [0.05, 0.1) is 28.0 Å². The minimum Gasteiger partial charge on any atom is -0.356 e. The van der Waals surface area contributed by atoms with E-state index in [0.717, 1.165) is 29.8 Å². The number of aryl methyl sites for hydroxylation is 1. The summed E-state index contributed by atoms with van der Waals surface area (Å²) in [5, 5.41) is 13.7. The molecule has 4 rings (SSSR count). The molecule has 0 spiro atoms. The first-order chi connectivity index (χ1) is 14.3. The number of nitrogens with one attached hydrogen (secondary N) is 2. The van der Waals surface area contributed by atoms with Gasteiger partial charge in [0.1, 0.15) is 0 Å². The molecule has 3 heterocycles. The fraction of sp³-hybridized carbons (Fsp3) is 0.350. The molecule has 0 aliphatic carbocycles. The van der Waals surface area contributed by atoms with Crippen LogP contribution < -0.4 is 5.32 Å². The van der Waals surface area contributed by atoms with E-state index < -0.39 is 10.0 Å². The molecular formula is C20H23N5O4S. The highest BCUT2D eigenvalue weighted by molar-refractivity contribution is 7.89.